The molecule has 0 bridgehead atoms. The fraction of sp³-hybridized carbons (Fsp3) is 0.435. The molecule has 0 unspecified atom stereocenters. The standard InChI is InChI=1S/C23H22F8N2O3/c1-4-20(2,3)19(34)36-17-11-7-15(8-12-17)33-32-14-5-9-16(10-6-14)35-13-21(26,27)23(30,31)22(28,29)18(24)25/h5-12,18H,4,13H2,1-3H3/b33-32+. The van der Waals surface area contributed by atoms with Crippen LogP contribution in [0, 0.1) is 5.41 Å². The molecule has 0 amide bonds. The van der Waals surface area contributed by atoms with E-state index in [9.17, 15) is 39.9 Å². The molecule has 2 aromatic rings. The molecule has 0 saturated carbocycles. The summed E-state index contributed by atoms with van der Waals surface area (Å²) in [4.78, 5) is 12.1. The van der Waals surface area contributed by atoms with Gasteiger partial charge in [-0.3, -0.25) is 4.79 Å². The summed E-state index contributed by atoms with van der Waals surface area (Å²) < 4.78 is 113. The van der Waals surface area contributed by atoms with Crippen LogP contribution in [0.15, 0.2) is 58.8 Å². The molecule has 5 nitrogen and oxygen atoms in total. The Morgan fingerprint density at radius 2 is 1.28 bits per heavy atom. The zero-order valence-corrected chi connectivity index (χ0v) is 19.3. The van der Waals surface area contributed by atoms with Gasteiger partial charge in [-0.2, -0.15) is 36.6 Å². The first kappa shape index (κ1) is 29.0. The van der Waals surface area contributed by atoms with Gasteiger partial charge in [-0.25, -0.2) is 8.78 Å². The molecule has 0 radical (unpaired) electrons. The number of carbonyl (C=O) groups is 1. The minimum Gasteiger partial charge on any atom is -0.487 e. The quantitative estimate of drug-likeness (QED) is 0.129. The van der Waals surface area contributed by atoms with Crippen LogP contribution < -0.4 is 9.47 Å². The molecule has 0 aliphatic carbocycles. The molecule has 0 fully saturated rings. The summed E-state index contributed by atoms with van der Waals surface area (Å²) in [5.41, 5.74) is -0.0994. The summed E-state index contributed by atoms with van der Waals surface area (Å²) in [5, 5.41) is 7.79. The van der Waals surface area contributed by atoms with Gasteiger partial charge in [0.15, 0.2) is 6.61 Å². The van der Waals surface area contributed by atoms with Gasteiger partial charge in [-0.15, -0.1) is 0 Å². The van der Waals surface area contributed by atoms with Gasteiger partial charge in [-0.1, -0.05) is 6.92 Å². The predicted molar refractivity (Wildman–Crippen MR) is 113 cm³/mol. The third kappa shape index (κ3) is 6.49. The van der Waals surface area contributed by atoms with E-state index < -0.39 is 47.9 Å². The van der Waals surface area contributed by atoms with E-state index in [4.69, 9.17) is 4.74 Å². The minimum absolute atomic E-state index is 0.184. The van der Waals surface area contributed by atoms with E-state index in [0.717, 1.165) is 12.1 Å². The van der Waals surface area contributed by atoms with Gasteiger partial charge in [0.05, 0.1) is 16.8 Å². The Labute approximate surface area is 201 Å². The molecular weight excluding hydrogens is 504 g/mol. The number of nitrogens with zero attached hydrogens (tertiary/aromatic N) is 2. The normalized spacial score (nSPS) is 13.3. The number of ether oxygens (including phenoxy) is 2. The average molecular weight is 526 g/mol. The summed E-state index contributed by atoms with van der Waals surface area (Å²) in [6.45, 7) is 3.09. The van der Waals surface area contributed by atoms with Crippen molar-refractivity contribution in [1.82, 2.24) is 0 Å². The van der Waals surface area contributed by atoms with Crippen molar-refractivity contribution >= 4 is 17.3 Å². The van der Waals surface area contributed by atoms with E-state index >= 15 is 0 Å². The Hall–Kier alpha value is -3.25. The number of carbonyl (C=O) groups excluding carboxylic acids is 1. The molecule has 0 saturated heterocycles. The van der Waals surface area contributed by atoms with Crippen LogP contribution in [-0.4, -0.2) is 36.8 Å². The number of azo groups is 1. The van der Waals surface area contributed by atoms with Gasteiger partial charge in [0.25, 0.3) is 0 Å². The molecule has 0 N–H and O–H groups in total. The highest BCUT2D eigenvalue weighted by Gasteiger charge is 2.75. The molecule has 0 heterocycles. The first-order valence-corrected chi connectivity index (χ1v) is 10.4. The lowest BCUT2D eigenvalue weighted by Gasteiger charge is -2.31. The van der Waals surface area contributed by atoms with Crippen molar-refractivity contribution in [2.24, 2.45) is 15.6 Å². The van der Waals surface area contributed by atoms with E-state index in [1.165, 1.54) is 36.4 Å². The van der Waals surface area contributed by atoms with Crippen LogP contribution in [0.2, 0.25) is 0 Å². The number of halogens is 8. The second kappa shape index (κ2) is 10.8. The van der Waals surface area contributed by atoms with Crippen molar-refractivity contribution in [3.05, 3.63) is 48.5 Å². The van der Waals surface area contributed by atoms with Crippen molar-refractivity contribution in [1.29, 1.82) is 0 Å². The number of rotatable bonds is 11. The van der Waals surface area contributed by atoms with Crippen molar-refractivity contribution in [2.45, 2.75) is 51.4 Å². The number of esters is 1. The third-order valence-electron chi connectivity index (χ3n) is 5.17. The molecule has 2 rings (SSSR count). The van der Waals surface area contributed by atoms with Gasteiger partial charge in [-0.05, 0) is 68.8 Å². The summed E-state index contributed by atoms with van der Waals surface area (Å²) in [6.07, 6.45) is -4.41. The van der Waals surface area contributed by atoms with Gasteiger partial charge in [0.1, 0.15) is 11.5 Å². The van der Waals surface area contributed by atoms with Crippen LogP contribution in [0.1, 0.15) is 27.2 Å². The van der Waals surface area contributed by atoms with Crippen molar-refractivity contribution in [3.8, 4) is 11.5 Å². The van der Waals surface area contributed by atoms with Gasteiger partial charge in [0.2, 0.25) is 0 Å². The first-order valence-electron chi connectivity index (χ1n) is 10.4. The van der Waals surface area contributed by atoms with Crippen molar-refractivity contribution < 1.29 is 49.4 Å². The van der Waals surface area contributed by atoms with E-state index in [1.54, 1.807) is 13.8 Å². The monoisotopic (exact) mass is 526 g/mol. The Morgan fingerprint density at radius 1 is 0.833 bits per heavy atom. The number of benzene rings is 2. The Kier molecular flexibility index (Phi) is 8.69. The second-order valence-corrected chi connectivity index (χ2v) is 8.31. The molecule has 2 aromatic carbocycles. The lowest BCUT2D eigenvalue weighted by molar-refractivity contribution is -0.342. The van der Waals surface area contributed by atoms with Crippen LogP contribution in [0.25, 0.3) is 0 Å². The largest absolute Gasteiger partial charge is 0.487 e. The SMILES string of the molecule is CCC(C)(C)C(=O)Oc1ccc(/N=N/c2ccc(OCC(F)(F)C(F)(F)C(F)(F)C(F)F)cc2)cc1. The molecule has 0 aromatic heterocycles. The smallest absolute Gasteiger partial charge is 0.381 e. The predicted octanol–water partition coefficient (Wildman–Crippen LogP) is 7.99. The fourth-order valence-corrected chi connectivity index (χ4v) is 2.34. The molecular formula is C23H22F8N2O3. The lowest BCUT2D eigenvalue weighted by Crippen LogP contribution is -2.59. The Balaban J connectivity index is 1.99. The topological polar surface area (TPSA) is 60.2 Å². The highest BCUT2D eigenvalue weighted by molar-refractivity contribution is 5.78. The highest BCUT2D eigenvalue weighted by atomic mass is 19.4. The molecule has 0 aliphatic rings. The van der Waals surface area contributed by atoms with Gasteiger partial charge < -0.3 is 9.47 Å². The number of alkyl halides is 8. The van der Waals surface area contributed by atoms with Crippen LogP contribution in [0.5, 0.6) is 11.5 Å². The third-order valence-corrected chi connectivity index (χ3v) is 5.17. The van der Waals surface area contributed by atoms with Crippen molar-refractivity contribution in [3.63, 3.8) is 0 Å². The van der Waals surface area contributed by atoms with Crippen LogP contribution in [0.3, 0.4) is 0 Å². The molecule has 198 valence electrons. The number of hydrogen-bond donors (Lipinski definition) is 0. The Morgan fingerprint density at radius 3 is 1.69 bits per heavy atom. The van der Waals surface area contributed by atoms with E-state index in [2.05, 4.69) is 15.0 Å². The summed E-state index contributed by atoms with van der Waals surface area (Å²) in [6, 6.07) is 10.5. The molecule has 0 spiro atoms. The maximum Gasteiger partial charge on any atom is 0.381 e. The molecule has 0 aliphatic heterocycles. The van der Waals surface area contributed by atoms with Crippen LogP contribution in [-0.2, 0) is 4.79 Å². The van der Waals surface area contributed by atoms with E-state index in [1.807, 2.05) is 6.92 Å². The molecule has 36 heavy (non-hydrogen) atoms. The van der Waals surface area contributed by atoms with Gasteiger partial charge in [0, 0.05) is 0 Å². The maximum absolute atomic E-state index is 13.6. The lowest BCUT2D eigenvalue weighted by atomic mass is 9.91. The maximum atomic E-state index is 13.6. The molecule has 0 atom stereocenters. The molecule has 13 heteroatoms. The zero-order valence-electron chi connectivity index (χ0n) is 19.3. The second-order valence-electron chi connectivity index (χ2n) is 8.31. The zero-order chi connectivity index (χ0) is 27.4. The highest BCUT2D eigenvalue weighted by Crippen LogP contribution is 2.48. The summed E-state index contributed by atoms with van der Waals surface area (Å²) in [5.74, 6) is -18.7. The van der Waals surface area contributed by atoms with Gasteiger partial charge >= 0.3 is 30.2 Å². The number of hydrogen-bond acceptors (Lipinski definition) is 5. The Bertz CT molecular complexity index is 1060. The van der Waals surface area contributed by atoms with Crippen LogP contribution in [0.4, 0.5) is 46.5 Å². The minimum atomic E-state index is -6.34. The summed E-state index contributed by atoms with van der Waals surface area (Å²) in [7, 11) is 0. The van der Waals surface area contributed by atoms with E-state index in [0.29, 0.717) is 17.9 Å². The first-order chi connectivity index (χ1) is 16.5. The fourth-order valence-electron chi connectivity index (χ4n) is 2.34. The summed E-state index contributed by atoms with van der Waals surface area (Å²) >= 11 is 0. The van der Waals surface area contributed by atoms with E-state index in [-0.39, 0.29) is 5.69 Å². The van der Waals surface area contributed by atoms with Crippen molar-refractivity contribution in [2.75, 3.05) is 6.61 Å². The van der Waals surface area contributed by atoms with Crippen LogP contribution >= 0.6 is 0 Å². The average Bonchev–Trinajstić information content (AvgIpc) is 2.82.